The second kappa shape index (κ2) is 11.0. The third kappa shape index (κ3) is 5.12. The van der Waals surface area contributed by atoms with Gasteiger partial charge in [0.15, 0.2) is 0 Å². The Morgan fingerprint density at radius 1 is 0.731 bits per heavy atom. The van der Waals surface area contributed by atoms with Gasteiger partial charge in [-0.3, -0.25) is 0 Å². The molecule has 0 radical (unpaired) electrons. The zero-order valence-electron chi connectivity index (χ0n) is 15.4. The average molecular weight is 395 g/mol. The van der Waals surface area contributed by atoms with Crippen LogP contribution < -0.4 is 0 Å². The van der Waals surface area contributed by atoms with Crippen LogP contribution >= 0.6 is 24.8 Å². The fraction of sp³-hybridized carbons (Fsp3) is 0.400. The second-order valence-electron chi connectivity index (χ2n) is 6.30. The van der Waals surface area contributed by atoms with Crippen LogP contribution in [0.5, 0.6) is 0 Å². The molecule has 3 rings (SSSR count). The van der Waals surface area contributed by atoms with Crippen molar-refractivity contribution in [2.45, 2.75) is 51.6 Å². The highest BCUT2D eigenvalue weighted by atomic mass is 35.5. The number of rotatable bonds is 8. The monoisotopic (exact) mass is 394 g/mol. The summed E-state index contributed by atoms with van der Waals surface area (Å²) in [6.07, 6.45) is 16.2. The first kappa shape index (κ1) is 22.3. The van der Waals surface area contributed by atoms with Crippen LogP contribution in [0.2, 0.25) is 0 Å². The third-order valence-corrected chi connectivity index (χ3v) is 4.60. The summed E-state index contributed by atoms with van der Waals surface area (Å²) < 4.78 is 4.41. The van der Waals surface area contributed by atoms with Crippen LogP contribution in [0.1, 0.15) is 62.7 Å². The predicted molar refractivity (Wildman–Crippen MR) is 111 cm³/mol. The summed E-state index contributed by atoms with van der Waals surface area (Å²) in [5, 5.41) is 0. The molecule has 2 atom stereocenters. The third-order valence-electron chi connectivity index (χ3n) is 4.60. The highest BCUT2D eigenvalue weighted by Gasteiger charge is 2.15. The molecule has 0 saturated carbocycles. The standard InChI is InChI=1S/C20H26N4.2ClH/c1-3-5-19(23-13-11-21-15-23)17-7-9-18(10-8-17)20(6-4-2)24-14-12-22-16-24;;/h7-16,19-20H,3-6H2,1-2H3;2*1H. The van der Waals surface area contributed by atoms with Gasteiger partial charge in [0.25, 0.3) is 0 Å². The number of aromatic nitrogens is 4. The minimum Gasteiger partial charge on any atom is -0.330 e. The van der Waals surface area contributed by atoms with E-state index in [9.17, 15) is 0 Å². The van der Waals surface area contributed by atoms with Gasteiger partial charge in [0.1, 0.15) is 0 Å². The molecule has 0 aliphatic carbocycles. The van der Waals surface area contributed by atoms with Crippen LogP contribution in [-0.4, -0.2) is 19.1 Å². The van der Waals surface area contributed by atoms with Crippen LogP contribution in [0.15, 0.2) is 61.7 Å². The normalized spacial score (nSPS) is 12.7. The van der Waals surface area contributed by atoms with Crippen molar-refractivity contribution in [2.24, 2.45) is 0 Å². The summed E-state index contributed by atoms with van der Waals surface area (Å²) in [6.45, 7) is 4.46. The lowest BCUT2D eigenvalue weighted by Crippen LogP contribution is -2.11. The molecule has 2 heterocycles. The highest BCUT2D eigenvalue weighted by molar-refractivity contribution is 5.85. The molecule has 0 bridgehead atoms. The van der Waals surface area contributed by atoms with Gasteiger partial charge in [0.05, 0.1) is 24.7 Å². The van der Waals surface area contributed by atoms with E-state index in [1.165, 1.54) is 11.1 Å². The van der Waals surface area contributed by atoms with E-state index in [1.807, 2.05) is 25.0 Å². The zero-order valence-corrected chi connectivity index (χ0v) is 17.0. The topological polar surface area (TPSA) is 35.6 Å². The molecule has 1 aromatic carbocycles. The minimum absolute atomic E-state index is 0. The van der Waals surface area contributed by atoms with Gasteiger partial charge in [-0.25, -0.2) is 9.97 Å². The van der Waals surface area contributed by atoms with E-state index in [0.29, 0.717) is 12.1 Å². The Morgan fingerprint density at radius 3 is 1.38 bits per heavy atom. The molecule has 0 aliphatic rings. The number of halogens is 2. The van der Waals surface area contributed by atoms with Gasteiger partial charge in [0.2, 0.25) is 0 Å². The number of benzene rings is 1. The fourth-order valence-electron chi connectivity index (χ4n) is 3.37. The Bertz CT molecular complexity index is 646. The van der Waals surface area contributed by atoms with Gasteiger partial charge in [-0.2, -0.15) is 0 Å². The van der Waals surface area contributed by atoms with E-state index < -0.39 is 0 Å². The Hall–Kier alpha value is -1.78. The molecule has 142 valence electrons. The molecule has 0 saturated heterocycles. The number of imidazole rings is 2. The van der Waals surface area contributed by atoms with Crippen molar-refractivity contribution in [2.75, 3.05) is 0 Å². The lowest BCUT2D eigenvalue weighted by Gasteiger charge is -2.21. The first-order valence-corrected chi connectivity index (χ1v) is 8.88. The van der Waals surface area contributed by atoms with E-state index in [0.717, 1.165) is 25.7 Å². The first-order valence-electron chi connectivity index (χ1n) is 8.88. The second-order valence-corrected chi connectivity index (χ2v) is 6.30. The van der Waals surface area contributed by atoms with Crippen molar-refractivity contribution < 1.29 is 0 Å². The van der Waals surface area contributed by atoms with Crippen molar-refractivity contribution in [1.82, 2.24) is 19.1 Å². The van der Waals surface area contributed by atoms with Crippen molar-refractivity contribution in [3.63, 3.8) is 0 Å². The molecule has 2 unspecified atom stereocenters. The van der Waals surface area contributed by atoms with Gasteiger partial charge in [-0.1, -0.05) is 51.0 Å². The SMILES string of the molecule is CCCC(c1ccc(C(CCC)n2ccnc2)cc1)n1ccnc1.Cl.Cl. The van der Waals surface area contributed by atoms with Gasteiger partial charge in [-0.15, -0.1) is 24.8 Å². The lowest BCUT2D eigenvalue weighted by atomic mass is 9.96. The molecule has 0 aliphatic heterocycles. The summed E-state index contributed by atoms with van der Waals surface area (Å²) in [4.78, 5) is 8.41. The van der Waals surface area contributed by atoms with Crippen LogP contribution in [-0.2, 0) is 0 Å². The summed E-state index contributed by atoms with van der Waals surface area (Å²) in [5.74, 6) is 0. The summed E-state index contributed by atoms with van der Waals surface area (Å²) in [5.41, 5.74) is 2.69. The Kier molecular flexibility index (Phi) is 9.46. The maximum absolute atomic E-state index is 4.21. The van der Waals surface area contributed by atoms with Crippen molar-refractivity contribution in [3.05, 3.63) is 72.8 Å². The molecule has 26 heavy (non-hydrogen) atoms. The Balaban J connectivity index is 0.00000169. The fourth-order valence-corrected chi connectivity index (χ4v) is 3.37. The minimum atomic E-state index is 0. The molecule has 6 heteroatoms. The van der Waals surface area contributed by atoms with E-state index in [1.54, 1.807) is 0 Å². The Morgan fingerprint density at radius 2 is 1.12 bits per heavy atom. The Labute approximate surface area is 168 Å². The highest BCUT2D eigenvalue weighted by Crippen LogP contribution is 2.28. The van der Waals surface area contributed by atoms with Gasteiger partial charge >= 0.3 is 0 Å². The first-order chi connectivity index (χ1) is 11.8. The van der Waals surface area contributed by atoms with Crippen molar-refractivity contribution >= 4 is 24.8 Å². The summed E-state index contributed by atoms with van der Waals surface area (Å²) >= 11 is 0. The quantitative estimate of drug-likeness (QED) is 0.490. The maximum atomic E-state index is 4.21. The summed E-state index contributed by atoms with van der Waals surface area (Å²) in [6, 6.07) is 9.82. The predicted octanol–water partition coefficient (Wildman–Crippen LogP) is 5.70. The number of hydrogen-bond acceptors (Lipinski definition) is 2. The molecule has 3 aromatic rings. The molecule has 0 amide bonds. The van der Waals surface area contributed by atoms with E-state index >= 15 is 0 Å². The van der Waals surface area contributed by atoms with Crippen LogP contribution in [0.3, 0.4) is 0 Å². The lowest BCUT2D eigenvalue weighted by molar-refractivity contribution is 0.525. The molecule has 0 spiro atoms. The average Bonchev–Trinajstić information content (AvgIpc) is 3.31. The van der Waals surface area contributed by atoms with Gasteiger partial charge in [-0.05, 0) is 24.0 Å². The molecule has 4 nitrogen and oxygen atoms in total. The maximum Gasteiger partial charge on any atom is 0.0951 e. The molecular weight excluding hydrogens is 367 g/mol. The zero-order chi connectivity index (χ0) is 16.8. The molecule has 0 N–H and O–H groups in total. The van der Waals surface area contributed by atoms with E-state index in [2.05, 4.69) is 69.6 Å². The molecular formula is C20H28Cl2N4. The molecule has 2 aromatic heterocycles. The number of nitrogens with zero attached hydrogens (tertiary/aromatic N) is 4. The van der Waals surface area contributed by atoms with E-state index in [-0.39, 0.29) is 24.8 Å². The van der Waals surface area contributed by atoms with Crippen LogP contribution in [0.4, 0.5) is 0 Å². The van der Waals surface area contributed by atoms with Crippen LogP contribution in [0, 0.1) is 0 Å². The smallest absolute Gasteiger partial charge is 0.0951 e. The van der Waals surface area contributed by atoms with Gasteiger partial charge < -0.3 is 9.13 Å². The van der Waals surface area contributed by atoms with Crippen molar-refractivity contribution in [3.8, 4) is 0 Å². The van der Waals surface area contributed by atoms with Crippen molar-refractivity contribution in [1.29, 1.82) is 0 Å². The number of hydrogen-bond donors (Lipinski definition) is 0. The van der Waals surface area contributed by atoms with Crippen LogP contribution in [0.25, 0.3) is 0 Å². The largest absolute Gasteiger partial charge is 0.330 e. The van der Waals surface area contributed by atoms with E-state index in [4.69, 9.17) is 0 Å². The van der Waals surface area contributed by atoms with Gasteiger partial charge in [0, 0.05) is 24.8 Å². The summed E-state index contributed by atoms with van der Waals surface area (Å²) in [7, 11) is 0. The molecule has 0 fully saturated rings.